The van der Waals surface area contributed by atoms with Gasteiger partial charge in [-0.3, -0.25) is 14.4 Å². The van der Waals surface area contributed by atoms with Crippen LogP contribution in [0.2, 0.25) is 0 Å². The lowest BCUT2D eigenvalue weighted by Crippen LogP contribution is -2.42. The predicted molar refractivity (Wildman–Crippen MR) is 174 cm³/mol. The van der Waals surface area contributed by atoms with Crippen molar-refractivity contribution in [3.05, 3.63) is 0 Å². The third-order valence-electron chi connectivity index (χ3n) is 6.03. The summed E-state index contributed by atoms with van der Waals surface area (Å²) in [6.45, 7) is 5.09. The number of rotatable bonds is 30. The van der Waals surface area contributed by atoms with Crippen molar-refractivity contribution >= 4 is 26.8 Å². The standard InChI is InChI=1S/C28H48F6N5O8P.C2H3F3/c1-3-13-39(14-4-2)48(46-18-5-9-35)47-22-26(19-43-15-6-10-36-23-40,20-44-16-7-11-37-24(41)27(29,30)31)21-45-17-8-12-38-25(42)28(32,33)34;1-2(3,4)5/h23H,3-8,10-22H2,1-2H3,(H,36,40)(H,37,41)(H,38,42);1H3. The lowest BCUT2D eigenvalue weighted by Gasteiger charge is -2.36. The minimum atomic E-state index is -5.02. The Labute approximate surface area is 304 Å². The van der Waals surface area contributed by atoms with E-state index in [0.29, 0.717) is 32.5 Å². The monoisotopic (exact) mass is 811 g/mol. The van der Waals surface area contributed by atoms with E-state index in [1.165, 1.54) is 0 Å². The number of nitriles is 1. The predicted octanol–water partition coefficient (Wildman–Crippen LogP) is 5.16. The Kier molecular flexibility index (Phi) is 29.5. The van der Waals surface area contributed by atoms with Crippen LogP contribution >= 0.6 is 8.53 Å². The summed E-state index contributed by atoms with van der Waals surface area (Å²) in [4.78, 5) is 32.7. The number of ether oxygens (including phenoxy) is 3. The van der Waals surface area contributed by atoms with Crippen LogP contribution in [0.25, 0.3) is 0 Å². The summed E-state index contributed by atoms with van der Waals surface area (Å²) in [5.74, 6) is -4.15. The first-order valence-electron chi connectivity index (χ1n) is 16.6. The number of hydrogen-bond acceptors (Lipinski definition) is 10. The van der Waals surface area contributed by atoms with E-state index in [1.54, 1.807) is 10.6 Å². The molecule has 13 nitrogen and oxygen atoms in total. The molecule has 0 radical (unpaired) electrons. The van der Waals surface area contributed by atoms with Gasteiger partial charge in [0.25, 0.3) is 8.53 Å². The van der Waals surface area contributed by atoms with Gasteiger partial charge in [0.05, 0.1) is 50.9 Å². The van der Waals surface area contributed by atoms with Crippen LogP contribution < -0.4 is 16.0 Å². The zero-order chi connectivity index (χ0) is 40.8. The lowest BCUT2D eigenvalue weighted by molar-refractivity contribution is -0.173. The van der Waals surface area contributed by atoms with Crippen LogP contribution in [-0.4, -0.2) is 127 Å². The minimum Gasteiger partial charge on any atom is -0.381 e. The zero-order valence-electron chi connectivity index (χ0n) is 30.0. The van der Waals surface area contributed by atoms with Crippen molar-refractivity contribution < 1.29 is 77.2 Å². The van der Waals surface area contributed by atoms with Crippen molar-refractivity contribution in [2.75, 3.05) is 85.6 Å². The Morgan fingerprint density at radius 1 is 0.717 bits per heavy atom. The largest absolute Gasteiger partial charge is 0.471 e. The van der Waals surface area contributed by atoms with E-state index in [2.05, 4.69) is 5.32 Å². The molecule has 0 aliphatic carbocycles. The van der Waals surface area contributed by atoms with Crippen LogP contribution in [0.3, 0.4) is 0 Å². The van der Waals surface area contributed by atoms with E-state index in [9.17, 15) is 53.9 Å². The minimum absolute atomic E-state index is 0.0212. The van der Waals surface area contributed by atoms with Crippen molar-refractivity contribution in [3.63, 3.8) is 0 Å². The maximum absolute atomic E-state index is 12.5. The smallest absolute Gasteiger partial charge is 0.381 e. The van der Waals surface area contributed by atoms with Gasteiger partial charge < -0.3 is 39.2 Å². The van der Waals surface area contributed by atoms with Crippen LogP contribution in [0.4, 0.5) is 39.5 Å². The molecule has 3 N–H and O–H groups in total. The summed E-state index contributed by atoms with van der Waals surface area (Å²) in [5.41, 5.74) is -1.06. The van der Waals surface area contributed by atoms with Gasteiger partial charge in [-0.05, 0) is 32.1 Å². The highest BCUT2D eigenvalue weighted by Crippen LogP contribution is 2.45. The fourth-order valence-electron chi connectivity index (χ4n) is 3.76. The molecule has 0 fully saturated rings. The zero-order valence-corrected chi connectivity index (χ0v) is 30.9. The molecule has 0 spiro atoms. The summed E-state index contributed by atoms with van der Waals surface area (Å²) in [7, 11) is -1.67. The molecule has 0 aromatic carbocycles. The summed E-state index contributed by atoms with van der Waals surface area (Å²) < 4.78 is 138. The van der Waals surface area contributed by atoms with Crippen molar-refractivity contribution in [2.24, 2.45) is 5.41 Å². The Bertz CT molecular complexity index is 973. The maximum Gasteiger partial charge on any atom is 0.471 e. The number of halogens is 9. The van der Waals surface area contributed by atoms with Gasteiger partial charge in [0.15, 0.2) is 0 Å². The SMILES string of the molecule is CC(F)(F)F.CCCN(CCC)P(OCCC#N)OCC(COCCCNC=O)(COCCCNC(=O)C(F)(F)F)COCCCNC(=O)C(F)(F)F. The number of alkyl halides is 9. The van der Waals surface area contributed by atoms with Gasteiger partial charge in [-0.15, -0.1) is 0 Å². The van der Waals surface area contributed by atoms with Crippen molar-refractivity contribution in [3.8, 4) is 6.07 Å². The highest BCUT2D eigenvalue weighted by atomic mass is 31.2. The highest BCUT2D eigenvalue weighted by molar-refractivity contribution is 7.44. The topological polar surface area (TPSA) is 160 Å². The van der Waals surface area contributed by atoms with Crippen LogP contribution in [-0.2, 0) is 37.6 Å². The lowest BCUT2D eigenvalue weighted by atomic mass is 9.92. The fourth-order valence-corrected chi connectivity index (χ4v) is 5.52. The Morgan fingerprint density at radius 3 is 1.49 bits per heavy atom. The summed E-state index contributed by atoms with van der Waals surface area (Å²) in [6, 6.07) is 2.01. The third kappa shape index (κ3) is 31.5. The first-order valence-corrected chi connectivity index (χ1v) is 17.7. The van der Waals surface area contributed by atoms with Crippen LogP contribution in [0.15, 0.2) is 0 Å². The van der Waals surface area contributed by atoms with Crippen LogP contribution in [0, 0.1) is 16.7 Å². The van der Waals surface area contributed by atoms with Crippen LogP contribution in [0.5, 0.6) is 0 Å². The maximum atomic E-state index is 12.5. The van der Waals surface area contributed by atoms with Gasteiger partial charge in [-0.25, -0.2) is 4.67 Å². The second kappa shape index (κ2) is 29.8. The molecule has 3 amide bonds. The molecule has 0 saturated heterocycles. The second-order valence-electron chi connectivity index (χ2n) is 11.3. The van der Waals surface area contributed by atoms with Gasteiger partial charge in [0.2, 0.25) is 6.41 Å². The molecule has 23 heteroatoms. The summed E-state index contributed by atoms with van der Waals surface area (Å²) >= 11 is 0. The van der Waals surface area contributed by atoms with Gasteiger partial charge in [0.1, 0.15) is 0 Å². The average Bonchev–Trinajstić information content (AvgIpc) is 3.05. The molecule has 0 aliphatic heterocycles. The summed E-state index contributed by atoms with van der Waals surface area (Å²) in [6.07, 6.45) is -11.3. The molecular weight excluding hydrogens is 760 g/mol. The molecule has 0 aliphatic rings. The number of carbonyl (C=O) groups is 3. The van der Waals surface area contributed by atoms with E-state index >= 15 is 0 Å². The number of carbonyl (C=O) groups excluding carboxylic acids is 3. The number of nitrogens with zero attached hydrogens (tertiary/aromatic N) is 2. The Morgan fingerprint density at radius 2 is 1.13 bits per heavy atom. The first-order chi connectivity index (χ1) is 24.8. The van der Waals surface area contributed by atoms with Gasteiger partial charge in [0, 0.05) is 59.5 Å². The molecular formula is C30H51F9N5O8P. The Hall–Kier alpha value is -2.54. The molecule has 0 saturated carbocycles. The van der Waals surface area contributed by atoms with E-state index in [-0.39, 0.29) is 92.1 Å². The van der Waals surface area contributed by atoms with Crippen molar-refractivity contribution in [1.82, 2.24) is 20.6 Å². The molecule has 53 heavy (non-hydrogen) atoms. The number of nitrogens with one attached hydrogen (secondary N) is 3. The highest BCUT2D eigenvalue weighted by Gasteiger charge is 2.39. The first kappa shape index (κ1) is 52.6. The van der Waals surface area contributed by atoms with Crippen molar-refractivity contribution in [1.29, 1.82) is 5.26 Å². The van der Waals surface area contributed by atoms with Gasteiger partial charge in [-0.1, -0.05) is 13.8 Å². The molecule has 0 bridgehead atoms. The van der Waals surface area contributed by atoms with Crippen molar-refractivity contribution in [2.45, 2.75) is 77.8 Å². The quantitative estimate of drug-likeness (QED) is 0.0383. The normalized spacial score (nSPS) is 12.8. The molecule has 0 aromatic heterocycles. The van der Waals surface area contributed by atoms with Crippen LogP contribution in [0.1, 0.15) is 59.3 Å². The average molecular weight is 812 g/mol. The molecule has 0 rings (SSSR count). The molecule has 0 aromatic rings. The van der Waals surface area contributed by atoms with Gasteiger partial charge >= 0.3 is 30.3 Å². The van der Waals surface area contributed by atoms with Gasteiger partial charge in [-0.2, -0.15) is 44.8 Å². The van der Waals surface area contributed by atoms with E-state index in [4.69, 9.17) is 28.5 Å². The second-order valence-corrected chi connectivity index (χ2v) is 12.8. The molecule has 0 heterocycles. The Balaban J connectivity index is 0. The third-order valence-corrected chi connectivity index (χ3v) is 7.64. The number of amides is 3. The molecule has 312 valence electrons. The summed E-state index contributed by atoms with van der Waals surface area (Å²) in [5, 5.41) is 15.0. The van der Waals surface area contributed by atoms with E-state index < -0.39 is 44.3 Å². The molecule has 1 atom stereocenters. The number of hydrogen-bond donors (Lipinski definition) is 3. The van der Waals surface area contributed by atoms with E-state index in [1.807, 2.05) is 24.6 Å². The van der Waals surface area contributed by atoms with E-state index in [0.717, 1.165) is 12.8 Å². The fraction of sp³-hybridized carbons (Fsp3) is 0.867. The molecule has 1 unspecified atom stereocenters.